The Morgan fingerprint density at radius 3 is 3.11 bits per heavy atom. The van der Waals surface area contributed by atoms with E-state index in [9.17, 15) is 4.79 Å². The fraction of sp³-hybridized carbons (Fsp3) is 0.500. The molecule has 0 bridgehead atoms. The van der Waals surface area contributed by atoms with Crippen molar-refractivity contribution in [3.05, 3.63) is 35.4 Å². The minimum atomic E-state index is -0.104. The molecule has 1 atom stereocenters. The third-order valence-electron chi connectivity index (χ3n) is 3.17. The van der Waals surface area contributed by atoms with E-state index in [1.165, 1.54) is 5.56 Å². The molecule has 98 valence electrons. The number of nitrogens with one attached hydrogen (secondary N) is 1. The van der Waals surface area contributed by atoms with Crippen LogP contribution in [0.4, 0.5) is 0 Å². The zero-order valence-corrected chi connectivity index (χ0v) is 10.5. The molecule has 1 aliphatic heterocycles. The van der Waals surface area contributed by atoms with Gasteiger partial charge >= 0.3 is 0 Å². The first-order valence-electron chi connectivity index (χ1n) is 6.47. The van der Waals surface area contributed by atoms with E-state index in [0.717, 1.165) is 18.4 Å². The molecule has 18 heavy (non-hydrogen) atoms. The van der Waals surface area contributed by atoms with Gasteiger partial charge < -0.3 is 15.8 Å². The summed E-state index contributed by atoms with van der Waals surface area (Å²) in [6.07, 6.45) is 2.03. The smallest absolute Gasteiger partial charge is 0.222 e. The van der Waals surface area contributed by atoms with E-state index in [1.807, 2.05) is 18.2 Å². The van der Waals surface area contributed by atoms with Crippen LogP contribution in [0, 0.1) is 0 Å². The molecule has 0 radical (unpaired) electrons. The molecule has 1 amide bonds. The molecule has 2 rings (SSSR count). The summed E-state index contributed by atoms with van der Waals surface area (Å²) < 4.78 is 5.70. The summed E-state index contributed by atoms with van der Waals surface area (Å²) in [5, 5.41) is 2.86. The van der Waals surface area contributed by atoms with Crippen LogP contribution in [0.25, 0.3) is 0 Å². The van der Waals surface area contributed by atoms with Crippen molar-refractivity contribution in [1.82, 2.24) is 5.32 Å². The standard InChI is InChI=1S/C14H20N2O2/c15-7-3-8-16-14(17)10-13-12-5-2-1-4-11(12)6-9-18-13/h1-2,4-5,13H,3,6-10,15H2,(H,16,17). The lowest BCUT2D eigenvalue weighted by molar-refractivity contribution is -0.124. The maximum Gasteiger partial charge on any atom is 0.222 e. The second-order valence-corrected chi connectivity index (χ2v) is 4.50. The summed E-state index contributed by atoms with van der Waals surface area (Å²) in [4.78, 5) is 11.8. The highest BCUT2D eigenvalue weighted by Crippen LogP contribution is 2.29. The quantitative estimate of drug-likeness (QED) is 0.768. The lowest BCUT2D eigenvalue weighted by Crippen LogP contribution is -2.29. The van der Waals surface area contributed by atoms with Gasteiger partial charge in [-0.1, -0.05) is 24.3 Å². The molecule has 0 spiro atoms. The third-order valence-corrected chi connectivity index (χ3v) is 3.17. The third kappa shape index (κ3) is 3.31. The molecule has 0 aliphatic carbocycles. The van der Waals surface area contributed by atoms with Gasteiger partial charge in [-0.2, -0.15) is 0 Å². The maximum absolute atomic E-state index is 11.8. The van der Waals surface area contributed by atoms with Crippen LogP contribution in [0.2, 0.25) is 0 Å². The topological polar surface area (TPSA) is 64.3 Å². The summed E-state index contributed by atoms with van der Waals surface area (Å²) in [7, 11) is 0. The lowest BCUT2D eigenvalue weighted by atomic mass is 9.95. The molecule has 1 heterocycles. The van der Waals surface area contributed by atoms with E-state index in [-0.39, 0.29) is 12.0 Å². The first-order chi connectivity index (χ1) is 8.81. The van der Waals surface area contributed by atoms with Crippen molar-refractivity contribution in [2.24, 2.45) is 5.73 Å². The molecule has 0 saturated carbocycles. The minimum Gasteiger partial charge on any atom is -0.373 e. The van der Waals surface area contributed by atoms with Gasteiger partial charge in [-0.3, -0.25) is 4.79 Å². The van der Waals surface area contributed by atoms with Gasteiger partial charge in [0.05, 0.1) is 19.1 Å². The van der Waals surface area contributed by atoms with E-state index in [4.69, 9.17) is 10.5 Å². The van der Waals surface area contributed by atoms with Crippen LogP contribution in [-0.2, 0) is 16.0 Å². The molecular formula is C14H20N2O2. The summed E-state index contributed by atoms with van der Waals surface area (Å²) in [6, 6.07) is 8.18. The second-order valence-electron chi connectivity index (χ2n) is 4.50. The van der Waals surface area contributed by atoms with Crippen LogP contribution in [0.3, 0.4) is 0 Å². The van der Waals surface area contributed by atoms with Crippen molar-refractivity contribution in [3.63, 3.8) is 0 Å². The van der Waals surface area contributed by atoms with Crippen LogP contribution < -0.4 is 11.1 Å². The Labute approximate surface area is 108 Å². The average Bonchev–Trinajstić information content (AvgIpc) is 2.39. The summed E-state index contributed by atoms with van der Waals surface area (Å²) in [5.74, 6) is 0.0325. The molecule has 1 aromatic carbocycles. The predicted molar refractivity (Wildman–Crippen MR) is 70.1 cm³/mol. The Hall–Kier alpha value is -1.39. The van der Waals surface area contributed by atoms with Crippen LogP contribution in [0.15, 0.2) is 24.3 Å². The van der Waals surface area contributed by atoms with Crippen LogP contribution >= 0.6 is 0 Å². The Morgan fingerprint density at radius 2 is 2.28 bits per heavy atom. The minimum absolute atomic E-state index is 0.0325. The zero-order chi connectivity index (χ0) is 12.8. The molecule has 1 unspecified atom stereocenters. The van der Waals surface area contributed by atoms with Gasteiger partial charge in [-0.25, -0.2) is 0 Å². The molecule has 4 heteroatoms. The van der Waals surface area contributed by atoms with Crippen molar-refractivity contribution >= 4 is 5.91 Å². The van der Waals surface area contributed by atoms with Gasteiger partial charge in [-0.05, 0) is 30.5 Å². The highest BCUT2D eigenvalue weighted by Gasteiger charge is 2.22. The first kappa shape index (κ1) is 13.1. The molecule has 1 aliphatic rings. The van der Waals surface area contributed by atoms with Crippen molar-refractivity contribution in [2.45, 2.75) is 25.4 Å². The van der Waals surface area contributed by atoms with Gasteiger partial charge in [0.25, 0.3) is 0 Å². The van der Waals surface area contributed by atoms with Crippen molar-refractivity contribution in [2.75, 3.05) is 19.7 Å². The number of carbonyl (C=O) groups is 1. The average molecular weight is 248 g/mol. The molecule has 0 fully saturated rings. The van der Waals surface area contributed by atoms with Gasteiger partial charge in [0.1, 0.15) is 0 Å². The van der Waals surface area contributed by atoms with E-state index in [1.54, 1.807) is 0 Å². The molecule has 3 N–H and O–H groups in total. The maximum atomic E-state index is 11.8. The highest BCUT2D eigenvalue weighted by atomic mass is 16.5. The number of rotatable bonds is 5. The molecule has 0 aromatic heterocycles. The molecular weight excluding hydrogens is 228 g/mol. The van der Waals surface area contributed by atoms with E-state index >= 15 is 0 Å². The lowest BCUT2D eigenvalue weighted by Gasteiger charge is -2.25. The molecule has 0 saturated heterocycles. The van der Waals surface area contributed by atoms with Crippen molar-refractivity contribution in [3.8, 4) is 0 Å². The van der Waals surface area contributed by atoms with Gasteiger partial charge in [0.15, 0.2) is 0 Å². The van der Waals surface area contributed by atoms with Crippen LogP contribution in [0.1, 0.15) is 30.1 Å². The van der Waals surface area contributed by atoms with Crippen LogP contribution in [-0.4, -0.2) is 25.6 Å². The fourth-order valence-electron chi connectivity index (χ4n) is 2.22. The Kier molecular flexibility index (Phi) is 4.73. The summed E-state index contributed by atoms with van der Waals surface area (Å²) >= 11 is 0. The first-order valence-corrected chi connectivity index (χ1v) is 6.47. The Morgan fingerprint density at radius 1 is 1.44 bits per heavy atom. The fourth-order valence-corrected chi connectivity index (χ4v) is 2.22. The van der Waals surface area contributed by atoms with Gasteiger partial charge in [0, 0.05) is 6.54 Å². The number of benzene rings is 1. The van der Waals surface area contributed by atoms with Crippen LogP contribution in [0.5, 0.6) is 0 Å². The number of hydrogen-bond donors (Lipinski definition) is 2. The van der Waals surface area contributed by atoms with Gasteiger partial charge in [0.2, 0.25) is 5.91 Å². The monoisotopic (exact) mass is 248 g/mol. The number of amides is 1. The number of fused-ring (bicyclic) bond motifs is 1. The zero-order valence-electron chi connectivity index (χ0n) is 10.5. The Bertz CT molecular complexity index is 407. The number of nitrogens with two attached hydrogens (primary N) is 1. The second kappa shape index (κ2) is 6.52. The highest BCUT2D eigenvalue weighted by molar-refractivity contribution is 5.76. The summed E-state index contributed by atoms with van der Waals surface area (Å²) in [6.45, 7) is 1.94. The SMILES string of the molecule is NCCCNC(=O)CC1OCCc2ccccc21. The number of carbonyl (C=O) groups excluding carboxylic acids is 1. The van der Waals surface area contributed by atoms with Gasteiger partial charge in [-0.15, -0.1) is 0 Å². The van der Waals surface area contributed by atoms with E-state index in [2.05, 4.69) is 11.4 Å². The van der Waals surface area contributed by atoms with Crippen molar-refractivity contribution < 1.29 is 9.53 Å². The molecule has 1 aromatic rings. The normalized spacial score (nSPS) is 18.2. The number of hydrogen-bond acceptors (Lipinski definition) is 3. The summed E-state index contributed by atoms with van der Waals surface area (Å²) in [5.41, 5.74) is 7.83. The van der Waals surface area contributed by atoms with E-state index < -0.39 is 0 Å². The van der Waals surface area contributed by atoms with E-state index in [0.29, 0.717) is 26.1 Å². The molecule has 4 nitrogen and oxygen atoms in total. The number of ether oxygens (including phenoxy) is 1. The predicted octanol–water partition coefficient (Wildman–Crippen LogP) is 1.16. The van der Waals surface area contributed by atoms with Crippen molar-refractivity contribution in [1.29, 1.82) is 0 Å². The Balaban J connectivity index is 1.92. The largest absolute Gasteiger partial charge is 0.373 e.